The van der Waals surface area contributed by atoms with E-state index in [-0.39, 0.29) is 11.9 Å². The maximum atomic E-state index is 12.4. The van der Waals surface area contributed by atoms with Gasteiger partial charge in [-0.3, -0.25) is 4.79 Å². The summed E-state index contributed by atoms with van der Waals surface area (Å²) in [5.74, 6) is -0.590. The molecule has 1 N–H and O–H groups in total. The van der Waals surface area contributed by atoms with Crippen molar-refractivity contribution in [2.45, 2.75) is 117 Å². The van der Waals surface area contributed by atoms with Crippen molar-refractivity contribution >= 4 is 5.97 Å². The van der Waals surface area contributed by atoms with E-state index in [1.807, 2.05) is 20.8 Å². The summed E-state index contributed by atoms with van der Waals surface area (Å²) in [6.07, 6.45) is 11.2. The first-order valence-corrected chi connectivity index (χ1v) is 9.72. The number of carbonyl (C=O) groups is 1. The van der Waals surface area contributed by atoms with Gasteiger partial charge in [0, 0.05) is 0 Å². The van der Waals surface area contributed by atoms with Gasteiger partial charge in [-0.05, 0) is 33.6 Å². The Hall–Kier alpha value is -0.570. The molecule has 0 fully saturated rings. The number of hydrogen-bond donors (Lipinski definition) is 1. The molecule has 138 valence electrons. The minimum Gasteiger partial charge on any atom is -0.460 e. The van der Waals surface area contributed by atoms with Crippen molar-refractivity contribution in [1.82, 2.24) is 0 Å². The predicted molar refractivity (Wildman–Crippen MR) is 97.5 cm³/mol. The quantitative estimate of drug-likeness (QED) is 0.352. The van der Waals surface area contributed by atoms with Crippen molar-refractivity contribution in [3.63, 3.8) is 0 Å². The zero-order valence-electron chi connectivity index (χ0n) is 16.2. The van der Waals surface area contributed by atoms with E-state index in [9.17, 15) is 9.90 Å². The Morgan fingerprint density at radius 3 is 1.87 bits per heavy atom. The van der Waals surface area contributed by atoms with E-state index in [1.54, 1.807) is 0 Å². The lowest BCUT2D eigenvalue weighted by Crippen LogP contribution is -2.35. The highest BCUT2D eigenvalue weighted by atomic mass is 16.6. The molecule has 2 atom stereocenters. The monoisotopic (exact) mass is 328 g/mol. The van der Waals surface area contributed by atoms with Gasteiger partial charge in [-0.25, -0.2) is 0 Å². The van der Waals surface area contributed by atoms with Gasteiger partial charge in [0.15, 0.2) is 0 Å². The van der Waals surface area contributed by atoms with Crippen LogP contribution in [0.1, 0.15) is 105 Å². The highest BCUT2D eigenvalue weighted by Crippen LogP contribution is 2.23. The summed E-state index contributed by atoms with van der Waals surface area (Å²) in [6.45, 7) is 10.0. The second-order valence-electron chi connectivity index (χ2n) is 7.76. The normalized spacial score (nSPS) is 14.5. The van der Waals surface area contributed by atoms with Gasteiger partial charge < -0.3 is 9.84 Å². The van der Waals surface area contributed by atoms with Crippen molar-refractivity contribution in [1.29, 1.82) is 0 Å². The molecule has 0 aromatic carbocycles. The summed E-state index contributed by atoms with van der Waals surface area (Å²) >= 11 is 0. The molecule has 0 aliphatic carbocycles. The average Bonchev–Trinajstić information content (AvgIpc) is 2.45. The Kier molecular flexibility index (Phi) is 12.5. The molecule has 0 bridgehead atoms. The van der Waals surface area contributed by atoms with Crippen LogP contribution < -0.4 is 0 Å². The van der Waals surface area contributed by atoms with E-state index in [0.29, 0.717) is 6.42 Å². The zero-order chi connectivity index (χ0) is 17.7. The largest absolute Gasteiger partial charge is 0.460 e. The summed E-state index contributed by atoms with van der Waals surface area (Å²) in [6, 6.07) is 0. The third-order valence-electron chi connectivity index (χ3n) is 4.15. The number of rotatable bonds is 13. The predicted octanol–water partition coefficient (Wildman–Crippen LogP) is 5.64. The third kappa shape index (κ3) is 12.5. The van der Waals surface area contributed by atoms with Crippen molar-refractivity contribution in [3.05, 3.63) is 0 Å². The molecule has 0 aromatic heterocycles. The van der Waals surface area contributed by atoms with Crippen molar-refractivity contribution < 1.29 is 14.6 Å². The van der Waals surface area contributed by atoms with E-state index in [0.717, 1.165) is 32.1 Å². The number of aliphatic hydroxyl groups excluding tert-OH is 1. The molecule has 0 aliphatic heterocycles. The number of carbonyl (C=O) groups excluding carboxylic acids is 1. The Bertz CT molecular complexity index is 294. The first-order valence-electron chi connectivity index (χ1n) is 9.72. The summed E-state index contributed by atoms with van der Waals surface area (Å²) in [4.78, 5) is 12.4. The molecule has 0 aliphatic rings. The molecule has 3 nitrogen and oxygen atoms in total. The van der Waals surface area contributed by atoms with E-state index < -0.39 is 11.7 Å². The van der Waals surface area contributed by atoms with E-state index >= 15 is 0 Å². The van der Waals surface area contributed by atoms with Gasteiger partial charge >= 0.3 is 5.97 Å². The lowest BCUT2D eigenvalue weighted by molar-refractivity contribution is -0.164. The SMILES string of the molecule is CCCCCCC[C@H](O)[C@H](CCCCCC)C(=O)OC(C)(C)C. The molecular formula is C20H40O3. The van der Waals surface area contributed by atoms with Gasteiger partial charge in [0.05, 0.1) is 12.0 Å². The van der Waals surface area contributed by atoms with Crippen LogP contribution in [-0.4, -0.2) is 22.8 Å². The number of esters is 1. The highest BCUT2D eigenvalue weighted by molar-refractivity contribution is 5.73. The zero-order valence-corrected chi connectivity index (χ0v) is 16.2. The summed E-state index contributed by atoms with van der Waals surface area (Å²) in [5.41, 5.74) is -0.487. The smallest absolute Gasteiger partial charge is 0.312 e. The van der Waals surface area contributed by atoms with E-state index in [2.05, 4.69) is 13.8 Å². The van der Waals surface area contributed by atoms with Crippen LogP contribution >= 0.6 is 0 Å². The number of ether oxygens (including phenoxy) is 1. The van der Waals surface area contributed by atoms with Gasteiger partial charge in [0.2, 0.25) is 0 Å². The Morgan fingerprint density at radius 2 is 1.35 bits per heavy atom. The van der Waals surface area contributed by atoms with Crippen LogP contribution in [0.15, 0.2) is 0 Å². The molecule has 0 saturated heterocycles. The van der Waals surface area contributed by atoms with Gasteiger partial charge in [0.1, 0.15) is 5.60 Å². The van der Waals surface area contributed by atoms with Crippen LogP contribution in [-0.2, 0) is 9.53 Å². The highest BCUT2D eigenvalue weighted by Gasteiger charge is 2.30. The summed E-state index contributed by atoms with van der Waals surface area (Å²) < 4.78 is 5.52. The molecule has 23 heavy (non-hydrogen) atoms. The maximum absolute atomic E-state index is 12.4. The molecule has 0 spiro atoms. The second kappa shape index (κ2) is 12.8. The van der Waals surface area contributed by atoms with Crippen LogP contribution in [0.4, 0.5) is 0 Å². The molecule has 0 unspecified atom stereocenters. The molecule has 0 radical (unpaired) electrons. The molecular weight excluding hydrogens is 288 g/mol. The van der Waals surface area contributed by atoms with Crippen LogP contribution in [0.3, 0.4) is 0 Å². The van der Waals surface area contributed by atoms with Gasteiger partial charge in [-0.1, -0.05) is 71.6 Å². The van der Waals surface area contributed by atoms with Crippen molar-refractivity contribution in [2.24, 2.45) is 5.92 Å². The molecule has 0 rings (SSSR count). The van der Waals surface area contributed by atoms with Gasteiger partial charge in [-0.2, -0.15) is 0 Å². The lowest BCUT2D eigenvalue weighted by atomic mass is 9.91. The molecule has 0 aromatic rings. The standard InChI is InChI=1S/C20H40O3/c1-6-8-10-12-14-16-18(21)17(15-13-11-9-7-2)19(22)23-20(3,4)5/h17-18,21H,6-16H2,1-5H3/t17-,18-/m0/s1. The van der Waals surface area contributed by atoms with Crippen molar-refractivity contribution in [2.75, 3.05) is 0 Å². The lowest BCUT2D eigenvalue weighted by Gasteiger charge is -2.27. The number of unbranched alkanes of at least 4 members (excludes halogenated alkanes) is 7. The molecule has 0 amide bonds. The van der Waals surface area contributed by atoms with Crippen LogP contribution in [0.5, 0.6) is 0 Å². The van der Waals surface area contributed by atoms with E-state index in [4.69, 9.17) is 4.74 Å². The Morgan fingerprint density at radius 1 is 0.870 bits per heavy atom. The minimum atomic E-state index is -0.562. The fourth-order valence-corrected chi connectivity index (χ4v) is 2.79. The first kappa shape index (κ1) is 22.4. The fraction of sp³-hybridized carbons (Fsp3) is 0.950. The van der Waals surface area contributed by atoms with Gasteiger partial charge in [-0.15, -0.1) is 0 Å². The average molecular weight is 329 g/mol. The minimum absolute atomic E-state index is 0.227. The first-order chi connectivity index (χ1) is 10.8. The Balaban J connectivity index is 4.40. The fourth-order valence-electron chi connectivity index (χ4n) is 2.79. The number of hydrogen-bond acceptors (Lipinski definition) is 3. The molecule has 3 heteroatoms. The van der Waals surface area contributed by atoms with Gasteiger partial charge in [0.25, 0.3) is 0 Å². The summed E-state index contributed by atoms with van der Waals surface area (Å²) in [5, 5.41) is 10.5. The topological polar surface area (TPSA) is 46.5 Å². The number of aliphatic hydroxyl groups is 1. The maximum Gasteiger partial charge on any atom is 0.312 e. The third-order valence-corrected chi connectivity index (χ3v) is 4.15. The van der Waals surface area contributed by atoms with Crippen LogP contribution in [0.2, 0.25) is 0 Å². The summed E-state index contributed by atoms with van der Waals surface area (Å²) in [7, 11) is 0. The van der Waals surface area contributed by atoms with Crippen LogP contribution in [0, 0.1) is 5.92 Å². The van der Waals surface area contributed by atoms with E-state index in [1.165, 1.54) is 32.1 Å². The molecule has 0 heterocycles. The Labute approximate surface area is 144 Å². The van der Waals surface area contributed by atoms with Crippen molar-refractivity contribution in [3.8, 4) is 0 Å². The van der Waals surface area contributed by atoms with Crippen LogP contribution in [0.25, 0.3) is 0 Å². The second-order valence-corrected chi connectivity index (χ2v) is 7.76. The molecule has 0 saturated carbocycles.